The number of benzene rings is 1. The first-order chi connectivity index (χ1) is 22.0. The molecule has 0 atom stereocenters. The first kappa shape index (κ1) is 30.8. The minimum atomic E-state index is -1.01. The molecule has 244 valence electrons. The van der Waals surface area contributed by atoms with E-state index in [1.807, 2.05) is 24.6 Å². The lowest BCUT2D eigenvalue weighted by atomic mass is 9.71. The number of carbonyl (C=O) groups excluding carboxylic acids is 1. The van der Waals surface area contributed by atoms with Crippen LogP contribution in [0.1, 0.15) is 55.6 Å². The van der Waals surface area contributed by atoms with Crippen molar-refractivity contribution in [3.63, 3.8) is 0 Å². The highest BCUT2D eigenvalue weighted by Crippen LogP contribution is 2.42. The number of anilines is 2. The second-order valence-electron chi connectivity index (χ2n) is 14.6. The van der Waals surface area contributed by atoms with E-state index in [2.05, 4.69) is 49.3 Å². The number of aliphatic hydroxyl groups is 1. The number of hydrogen-bond acceptors (Lipinski definition) is 8. The van der Waals surface area contributed by atoms with Crippen molar-refractivity contribution in [3.05, 3.63) is 54.0 Å². The molecule has 2 N–H and O–H groups in total. The summed E-state index contributed by atoms with van der Waals surface area (Å²) in [5, 5.41) is 18.2. The van der Waals surface area contributed by atoms with Crippen LogP contribution < -0.4 is 10.2 Å². The fraction of sp³-hybridized carbons (Fsp3) is 0.543. The Morgan fingerprint density at radius 1 is 1.07 bits per heavy atom. The van der Waals surface area contributed by atoms with E-state index < -0.39 is 5.60 Å². The van der Waals surface area contributed by atoms with Gasteiger partial charge in [0.15, 0.2) is 0 Å². The van der Waals surface area contributed by atoms with Gasteiger partial charge in [0.25, 0.3) is 5.91 Å². The van der Waals surface area contributed by atoms with E-state index in [4.69, 9.17) is 4.98 Å². The average molecular weight is 626 g/mol. The van der Waals surface area contributed by atoms with Crippen LogP contribution in [-0.2, 0) is 13.6 Å². The first-order valence-corrected chi connectivity index (χ1v) is 16.6. The lowest BCUT2D eigenvalue weighted by Crippen LogP contribution is -2.63. The summed E-state index contributed by atoms with van der Waals surface area (Å²) in [6.45, 7) is 12.9. The Morgan fingerprint density at radius 3 is 2.48 bits per heavy atom. The summed E-state index contributed by atoms with van der Waals surface area (Å²) < 4.78 is 3.72. The summed E-state index contributed by atoms with van der Waals surface area (Å²) in [7, 11) is 4.13. The molecule has 7 rings (SSSR count). The molecule has 1 aromatic carbocycles. The maximum Gasteiger partial charge on any atom is 0.258 e. The van der Waals surface area contributed by atoms with Gasteiger partial charge in [0.1, 0.15) is 0 Å². The molecule has 0 radical (unpaired) electrons. The highest BCUT2D eigenvalue weighted by Gasteiger charge is 2.46. The van der Waals surface area contributed by atoms with Gasteiger partial charge in [0.2, 0.25) is 5.95 Å². The van der Waals surface area contributed by atoms with E-state index in [9.17, 15) is 9.90 Å². The lowest BCUT2D eigenvalue weighted by Gasteiger charge is -2.57. The number of aromatic nitrogens is 5. The number of rotatable bonds is 7. The highest BCUT2D eigenvalue weighted by atomic mass is 16.3. The normalized spacial score (nSPS) is 19.6. The van der Waals surface area contributed by atoms with Gasteiger partial charge in [-0.15, -0.1) is 0 Å². The first-order valence-electron chi connectivity index (χ1n) is 16.6. The summed E-state index contributed by atoms with van der Waals surface area (Å²) >= 11 is 0. The monoisotopic (exact) mass is 625 g/mol. The van der Waals surface area contributed by atoms with Crippen molar-refractivity contribution in [2.75, 3.05) is 56.5 Å². The molecule has 0 unspecified atom stereocenters. The van der Waals surface area contributed by atoms with Crippen molar-refractivity contribution < 1.29 is 9.90 Å². The standard InChI is InChI=1S/C35H47N9O2/c1-24-28(20-37-41(24)5)30-18-25(8-13-36-30)32(45)39-33-38-29-7-6-27(19-31(29)44(33)21-34(2,3)46)42-14-9-26(10-15-42)43-22-35(23-43)11-16-40(4)17-12-35/h6-8,13,18-20,26,46H,9-12,14-17,21-23H2,1-5H3,(H,38,39,45). The number of nitrogens with one attached hydrogen (secondary N) is 1. The smallest absolute Gasteiger partial charge is 0.258 e. The van der Waals surface area contributed by atoms with Crippen molar-refractivity contribution in [1.82, 2.24) is 34.1 Å². The van der Waals surface area contributed by atoms with Crippen molar-refractivity contribution >= 4 is 28.6 Å². The minimum absolute atomic E-state index is 0.284. The van der Waals surface area contributed by atoms with Gasteiger partial charge in [-0.3, -0.25) is 24.7 Å². The zero-order valence-corrected chi connectivity index (χ0v) is 27.8. The second-order valence-corrected chi connectivity index (χ2v) is 14.6. The zero-order valence-electron chi connectivity index (χ0n) is 27.8. The number of likely N-dealkylation sites (tertiary alicyclic amines) is 2. The SMILES string of the molecule is Cc1c(-c2cc(C(=O)Nc3nc4ccc(N5CCC(N6CC7(CCN(C)CC7)C6)CC5)cc4n3CC(C)(C)O)ccn2)cnn1C. The molecule has 0 bridgehead atoms. The lowest BCUT2D eigenvalue weighted by molar-refractivity contribution is -0.0704. The van der Waals surface area contributed by atoms with Crippen LogP contribution in [0.2, 0.25) is 0 Å². The Labute approximate surface area is 271 Å². The molecule has 4 aromatic rings. The number of hydrogen-bond donors (Lipinski definition) is 2. The molecular formula is C35H47N9O2. The molecule has 0 saturated carbocycles. The van der Waals surface area contributed by atoms with Gasteiger partial charge in [-0.05, 0) is 102 Å². The molecule has 46 heavy (non-hydrogen) atoms. The van der Waals surface area contributed by atoms with Crippen LogP contribution in [0.3, 0.4) is 0 Å². The third kappa shape index (κ3) is 6.03. The second kappa shape index (κ2) is 11.8. The maximum absolute atomic E-state index is 13.5. The predicted molar refractivity (Wildman–Crippen MR) is 181 cm³/mol. The third-order valence-electron chi connectivity index (χ3n) is 10.5. The van der Waals surface area contributed by atoms with E-state index >= 15 is 0 Å². The molecule has 6 heterocycles. The third-order valence-corrected chi connectivity index (χ3v) is 10.5. The van der Waals surface area contributed by atoms with Gasteiger partial charge in [-0.1, -0.05) is 0 Å². The van der Waals surface area contributed by atoms with Gasteiger partial charge < -0.3 is 19.5 Å². The van der Waals surface area contributed by atoms with Gasteiger partial charge in [-0.2, -0.15) is 5.10 Å². The van der Waals surface area contributed by atoms with Crippen molar-refractivity contribution in [3.8, 4) is 11.3 Å². The average Bonchev–Trinajstić information content (AvgIpc) is 3.53. The topological polar surface area (TPSA) is 108 Å². The van der Waals surface area contributed by atoms with Crippen LogP contribution >= 0.6 is 0 Å². The summed E-state index contributed by atoms with van der Waals surface area (Å²) in [5.74, 6) is 0.127. The van der Waals surface area contributed by atoms with E-state index in [1.54, 1.807) is 43.1 Å². The number of piperidine rings is 2. The van der Waals surface area contributed by atoms with Crippen LogP contribution in [0.25, 0.3) is 22.3 Å². The van der Waals surface area contributed by atoms with Crippen LogP contribution in [0.15, 0.2) is 42.7 Å². The highest BCUT2D eigenvalue weighted by molar-refractivity contribution is 6.04. The zero-order chi connectivity index (χ0) is 32.2. The van der Waals surface area contributed by atoms with E-state index in [0.29, 0.717) is 28.7 Å². The number of aryl methyl sites for hydroxylation is 1. The van der Waals surface area contributed by atoms with E-state index in [0.717, 1.165) is 41.1 Å². The van der Waals surface area contributed by atoms with Crippen LogP contribution in [0, 0.1) is 12.3 Å². The van der Waals surface area contributed by atoms with Crippen molar-refractivity contribution in [1.29, 1.82) is 0 Å². The fourth-order valence-corrected chi connectivity index (χ4v) is 7.56. The van der Waals surface area contributed by atoms with E-state index in [1.165, 1.54) is 51.9 Å². The van der Waals surface area contributed by atoms with Crippen LogP contribution in [-0.4, -0.2) is 103 Å². The molecule has 0 aliphatic carbocycles. The summed E-state index contributed by atoms with van der Waals surface area (Å²) in [6, 6.07) is 10.5. The van der Waals surface area contributed by atoms with Crippen LogP contribution in [0.4, 0.5) is 11.6 Å². The summed E-state index contributed by atoms with van der Waals surface area (Å²) in [6.07, 6.45) is 8.43. The predicted octanol–water partition coefficient (Wildman–Crippen LogP) is 4.16. The molecule has 1 amide bonds. The van der Waals surface area contributed by atoms with Crippen LogP contribution in [0.5, 0.6) is 0 Å². The number of carbonyl (C=O) groups is 1. The molecule has 3 aliphatic heterocycles. The van der Waals surface area contributed by atoms with Gasteiger partial charge >= 0.3 is 0 Å². The molecule has 11 heteroatoms. The number of amides is 1. The van der Waals surface area contributed by atoms with Gasteiger partial charge in [-0.25, -0.2) is 4.98 Å². The Bertz CT molecular complexity index is 1730. The Morgan fingerprint density at radius 2 is 1.80 bits per heavy atom. The molecule has 3 aromatic heterocycles. The quantitative estimate of drug-likeness (QED) is 0.316. The van der Waals surface area contributed by atoms with Gasteiger partial charge in [0, 0.05) is 68.0 Å². The molecular weight excluding hydrogens is 578 g/mol. The Hall–Kier alpha value is -3.80. The fourth-order valence-electron chi connectivity index (χ4n) is 7.56. The van der Waals surface area contributed by atoms with Gasteiger partial charge in [0.05, 0.1) is 35.1 Å². The summed E-state index contributed by atoms with van der Waals surface area (Å²) in [5.41, 5.74) is 5.41. The largest absolute Gasteiger partial charge is 0.389 e. The number of imidazole rings is 1. The maximum atomic E-state index is 13.5. The molecule has 3 aliphatic rings. The molecule has 1 spiro atoms. The molecule has 3 fully saturated rings. The number of pyridine rings is 1. The number of fused-ring (bicyclic) bond motifs is 1. The van der Waals surface area contributed by atoms with Crippen molar-refractivity contribution in [2.24, 2.45) is 12.5 Å². The summed E-state index contributed by atoms with van der Waals surface area (Å²) in [4.78, 5) is 30.5. The van der Waals surface area contributed by atoms with E-state index in [-0.39, 0.29) is 12.5 Å². The molecule has 3 saturated heterocycles. The Kier molecular flexibility index (Phi) is 7.89. The number of nitrogens with zero attached hydrogens (tertiary/aromatic N) is 8. The Balaban J connectivity index is 1.07. The minimum Gasteiger partial charge on any atom is -0.389 e. The van der Waals surface area contributed by atoms with Crippen molar-refractivity contribution in [2.45, 2.75) is 64.6 Å². The molecule has 11 nitrogen and oxygen atoms in total.